The van der Waals surface area contributed by atoms with E-state index >= 15 is 0 Å². The molecule has 1 amide bonds. The number of hydrogen-bond acceptors (Lipinski definition) is 6. The Kier molecular flexibility index (Phi) is 5.18. The van der Waals surface area contributed by atoms with Crippen LogP contribution in [0.25, 0.3) is 0 Å². The SMILES string of the molecule is COc1ccc(F)c(C(=O)N2CCN(CCO)C3CS(=O)(=O)CC32)c1F. The lowest BCUT2D eigenvalue weighted by atomic mass is 10.0. The number of carbonyl (C=O) groups is 1. The highest BCUT2D eigenvalue weighted by Crippen LogP contribution is 2.30. The Morgan fingerprint density at radius 2 is 1.96 bits per heavy atom. The molecule has 2 aliphatic heterocycles. The number of fused-ring (bicyclic) bond motifs is 1. The molecule has 10 heteroatoms. The Morgan fingerprint density at radius 3 is 2.62 bits per heavy atom. The summed E-state index contributed by atoms with van der Waals surface area (Å²) in [6.45, 7) is 0.568. The number of benzene rings is 1. The number of rotatable bonds is 4. The number of nitrogens with zero attached hydrogens (tertiary/aromatic N) is 2. The monoisotopic (exact) mass is 390 g/mol. The van der Waals surface area contributed by atoms with Crippen molar-refractivity contribution < 1.29 is 31.8 Å². The first-order valence-corrected chi connectivity index (χ1v) is 9.99. The zero-order chi connectivity index (χ0) is 19.1. The van der Waals surface area contributed by atoms with Gasteiger partial charge >= 0.3 is 0 Å². The molecule has 1 aromatic carbocycles. The Balaban J connectivity index is 1.96. The summed E-state index contributed by atoms with van der Waals surface area (Å²) < 4.78 is 57.6. The van der Waals surface area contributed by atoms with Gasteiger partial charge in [0.05, 0.1) is 31.3 Å². The molecular weight excluding hydrogens is 370 g/mol. The highest BCUT2D eigenvalue weighted by atomic mass is 32.2. The zero-order valence-electron chi connectivity index (χ0n) is 14.2. The third-order valence-corrected chi connectivity index (χ3v) is 6.63. The van der Waals surface area contributed by atoms with Gasteiger partial charge in [0.2, 0.25) is 0 Å². The lowest BCUT2D eigenvalue weighted by Gasteiger charge is -2.43. The van der Waals surface area contributed by atoms with Crippen molar-refractivity contribution in [2.45, 2.75) is 12.1 Å². The average molecular weight is 390 g/mol. The summed E-state index contributed by atoms with van der Waals surface area (Å²) in [6.07, 6.45) is 0. The second-order valence-corrected chi connectivity index (χ2v) is 8.56. The summed E-state index contributed by atoms with van der Waals surface area (Å²) in [7, 11) is -2.18. The van der Waals surface area contributed by atoms with Gasteiger partial charge in [0.25, 0.3) is 5.91 Å². The first kappa shape index (κ1) is 19.0. The first-order valence-electron chi connectivity index (χ1n) is 8.17. The number of aliphatic hydroxyl groups excluding tert-OH is 1. The van der Waals surface area contributed by atoms with Gasteiger partial charge in [-0.2, -0.15) is 0 Å². The minimum Gasteiger partial charge on any atom is -0.494 e. The molecule has 2 aliphatic rings. The molecule has 7 nitrogen and oxygen atoms in total. The normalized spacial score (nSPS) is 25.2. The number of piperazine rings is 1. The van der Waals surface area contributed by atoms with Crippen molar-refractivity contribution in [2.75, 3.05) is 44.9 Å². The van der Waals surface area contributed by atoms with Crippen molar-refractivity contribution >= 4 is 15.7 Å². The molecule has 3 rings (SSSR count). The molecule has 2 fully saturated rings. The van der Waals surface area contributed by atoms with Crippen LogP contribution in [-0.2, 0) is 9.84 Å². The third-order valence-electron chi connectivity index (χ3n) is 4.93. The fourth-order valence-electron chi connectivity index (χ4n) is 3.71. The highest BCUT2D eigenvalue weighted by molar-refractivity contribution is 7.91. The van der Waals surface area contributed by atoms with Gasteiger partial charge in [-0.05, 0) is 12.1 Å². The molecule has 1 N–H and O–H groups in total. The largest absolute Gasteiger partial charge is 0.494 e. The number of sulfone groups is 1. The second kappa shape index (κ2) is 7.09. The molecule has 144 valence electrons. The third kappa shape index (κ3) is 3.28. The van der Waals surface area contributed by atoms with E-state index in [1.165, 1.54) is 12.0 Å². The summed E-state index contributed by atoms with van der Waals surface area (Å²) in [5.41, 5.74) is -0.747. The lowest BCUT2D eigenvalue weighted by Crippen LogP contribution is -2.61. The number of β-amino-alcohol motifs (C(OH)–C–C–N with tert-alkyl or cyclic N) is 1. The summed E-state index contributed by atoms with van der Waals surface area (Å²) >= 11 is 0. The topological polar surface area (TPSA) is 87.2 Å². The van der Waals surface area contributed by atoms with Crippen LogP contribution >= 0.6 is 0 Å². The van der Waals surface area contributed by atoms with Crippen molar-refractivity contribution in [2.24, 2.45) is 0 Å². The number of hydrogen-bond donors (Lipinski definition) is 1. The van der Waals surface area contributed by atoms with Gasteiger partial charge in [0, 0.05) is 25.7 Å². The van der Waals surface area contributed by atoms with E-state index in [1.807, 2.05) is 0 Å². The Labute approximate surface area is 150 Å². The van der Waals surface area contributed by atoms with E-state index in [4.69, 9.17) is 9.84 Å². The fraction of sp³-hybridized carbons (Fsp3) is 0.562. The van der Waals surface area contributed by atoms with Crippen LogP contribution in [0.2, 0.25) is 0 Å². The van der Waals surface area contributed by atoms with Crippen LogP contribution in [0.5, 0.6) is 5.75 Å². The van der Waals surface area contributed by atoms with E-state index in [9.17, 15) is 22.0 Å². The summed E-state index contributed by atoms with van der Waals surface area (Å²) in [4.78, 5) is 15.9. The maximum Gasteiger partial charge on any atom is 0.260 e. The van der Waals surface area contributed by atoms with Crippen molar-refractivity contribution in [1.29, 1.82) is 0 Å². The molecule has 2 unspecified atom stereocenters. The first-order chi connectivity index (χ1) is 12.3. The Bertz CT molecular complexity index is 817. The quantitative estimate of drug-likeness (QED) is 0.772. The van der Waals surface area contributed by atoms with Crippen molar-refractivity contribution in [3.05, 3.63) is 29.3 Å². The standard InChI is InChI=1S/C16H20F2N2O5S/c1-25-13-3-2-10(17)14(15(13)18)16(22)20-5-4-19(6-7-21)11-8-26(23,24)9-12(11)20/h2-3,11-12,21H,4-9H2,1H3. The fourth-order valence-corrected chi connectivity index (χ4v) is 5.73. The molecular formula is C16H20F2N2O5S. The van der Waals surface area contributed by atoms with E-state index < -0.39 is 45.0 Å². The van der Waals surface area contributed by atoms with E-state index in [0.29, 0.717) is 6.54 Å². The molecule has 1 aromatic rings. The minimum atomic E-state index is -3.39. The molecule has 0 bridgehead atoms. The number of amides is 1. The van der Waals surface area contributed by atoms with Gasteiger partial charge in [0.15, 0.2) is 21.4 Å². The number of ether oxygens (including phenoxy) is 1. The van der Waals surface area contributed by atoms with E-state index in [2.05, 4.69) is 0 Å². The van der Waals surface area contributed by atoms with Crippen LogP contribution in [0.3, 0.4) is 0 Å². The molecule has 0 aromatic heterocycles. The molecule has 2 heterocycles. The average Bonchev–Trinajstić information content (AvgIpc) is 2.91. The maximum atomic E-state index is 14.5. The van der Waals surface area contributed by atoms with Crippen LogP contribution in [0.4, 0.5) is 8.78 Å². The van der Waals surface area contributed by atoms with Gasteiger partial charge in [-0.15, -0.1) is 0 Å². The maximum absolute atomic E-state index is 14.5. The molecule has 2 saturated heterocycles. The molecule has 0 saturated carbocycles. The number of methoxy groups -OCH3 is 1. The van der Waals surface area contributed by atoms with Crippen molar-refractivity contribution in [1.82, 2.24) is 9.80 Å². The van der Waals surface area contributed by atoms with E-state index in [1.54, 1.807) is 4.90 Å². The summed E-state index contributed by atoms with van der Waals surface area (Å²) in [5.74, 6) is -3.70. The Hall–Kier alpha value is -1.78. The number of halogens is 2. The molecule has 0 spiro atoms. The Morgan fingerprint density at radius 1 is 1.27 bits per heavy atom. The second-order valence-electron chi connectivity index (χ2n) is 6.41. The van der Waals surface area contributed by atoms with Crippen LogP contribution in [0.15, 0.2) is 12.1 Å². The number of aliphatic hydroxyl groups is 1. The van der Waals surface area contributed by atoms with Gasteiger partial charge in [-0.25, -0.2) is 17.2 Å². The molecule has 0 aliphatic carbocycles. The zero-order valence-corrected chi connectivity index (χ0v) is 15.0. The van der Waals surface area contributed by atoms with E-state index in [0.717, 1.165) is 12.1 Å². The predicted molar refractivity (Wildman–Crippen MR) is 88.8 cm³/mol. The van der Waals surface area contributed by atoms with E-state index in [-0.39, 0.29) is 37.0 Å². The van der Waals surface area contributed by atoms with Gasteiger partial charge in [-0.3, -0.25) is 9.69 Å². The van der Waals surface area contributed by atoms with Gasteiger partial charge < -0.3 is 14.7 Å². The smallest absolute Gasteiger partial charge is 0.260 e. The van der Waals surface area contributed by atoms with Crippen LogP contribution < -0.4 is 4.74 Å². The highest BCUT2D eigenvalue weighted by Gasteiger charge is 2.48. The van der Waals surface area contributed by atoms with Crippen LogP contribution in [0.1, 0.15) is 10.4 Å². The van der Waals surface area contributed by atoms with Crippen molar-refractivity contribution in [3.8, 4) is 5.75 Å². The molecule has 2 atom stereocenters. The van der Waals surface area contributed by atoms with Crippen LogP contribution in [-0.4, -0.2) is 86.2 Å². The molecule has 26 heavy (non-hydrogen) atoms. The lowest BCUT2D eigenvalue weighted by molar-refractivity contribution is 0.0274. The van der Waals surface area contributed by atoms with Gasteiger partial charge in [0.1, 0.15) is 11.4 Å². The van der Waals surface area contributed by atoms with Crippen LogP contribution in [0, 0.1) is 11.6 Å². The minimum absolute atomic E-state index is 0.117. The molecule has 0 radical (unpaired) electrons. The number of carbonyl (C=O) groups excluding carboxylic acids is 1. The summed E-state index contributed by atoms with van der Waals surface area (Å²) in [5, 5.41) is 9.17. The van der Waals surface area contributed by atoms with Crippen molar-refractivity contribution in [3.63, 3.8) is 0 Å². The summed E-state index contributed by atoms with van der Waals surface area (Å²) in [6, 6.07) is 0.822. The van der Waals surface area contributed by atoms with Gasteiger partial charge in [-0.1, -0.05) is 0 Å². The predicted octanol–water partition coefficient (Wildman–Crippen LogP) is -0.111.